The van der Waals surface area contributed by atoms with Crippen LogP contribution in [0.25, 0.3) is 11.3 Å². The van der Waals surface area contributed by atoms with Crippen molar-refractivity contribution in [2.24, 2.45) is 0 Å². The Balaban J connectivity index is 1.77. The van der Waals surface area contributed by atoms with Crippen LogP contribution in [0.2, 0.25) is 0 Å². The zero-order chi connectivity index (χ0) is 26.6. The Kier molecular flexibility index (Phi) is 7.59. The number of anilines is 1. The highest BCUT2D eigenvalue weighted by atomic mass is 19.4. The number of halogens is 3. The zero-order valence-electron chi connectivity index (χ0n) is 20.3. The molecule has 1 fully saturated rings. The Morgan fingerprint density at radius 3 is 2.49 bits per heavy atom. The van der Waals surface area contributed by atoms with Crippen molar-refractivity contribution in [1.82, 2.24) is 24.8 Å². The standard InChI is InChI=1S/C26H25F3N6O2/c1-3-21-19(7-4-17-5-9-23(30)31-15-17)24(33-16-32-21)18-6-8-20(22(14-18)37-26(27,28)29)25(36)35-12-10-34(2)11-13-35/h5-6,8-9,14-16H,3,10-13H2,1-2H3,(H2,30,31). The van der Waals surface area contributed by atoms with E-state index in [4.69, 9.17) is 5.73 Å². The minimum atomic E-state index is -4.99. The second-order valence-corrected chi connectivity index (χ2v) is 8.47. The van der Waals surface area contributed by atoms with Crippen LogP contribution in [0.5, 0.6) is 5.75 Å². The number of ether oxygens (including phenoxy) is 1. The first-order valence-electron chi connectivity index (χ1n) is 11.6. The van der Waals surface area contributed by atoms with E-state index >= 15 is 0 Å². The van der Waals surface area contributed by atoms with E-state index in [1.165, 1.54) is 29.6 Å². The van der Waals surface area contributed by atoms with Crippen LogP contribution in [0, 0.1) is 11.8 Å². The minimum absolute atomic E-state index is 0.170. The van der Waals surface area contributed by atoms with E-state index in [9.17, 15) is 18.0 Å². The van der Waals surface area contributed by atoms with Gasteiger partial charge in [0.25, 0.3) is 5.91 Å². The number of hydrogen-bond acceptors (Lipinski definition) is 7. The van der Waals surface area contributed by atoms with Crippen LogP contribution in [0.4, 0.5) is 19.0 Å². The summed E-state index contributed by atoms with van der Waals surface area (Å²) in [7, 11) is 1.92. The summed E-state index contributed by atoms with van der Waals surface area (Å²) in [5.74, 6) is 5.25. The van der Waals surface area contributed by atoms with Gasteiger partial charge in [-0.2, -0.15) is 0 Å². The third kappa shape index (κ3) is 6.34. The number of amides is 1. The van der Waals surface area contributed by atoms with Gasteiger partial charge in [-0.25, -0.2) is 15.0 Å². The molecule has 11 heteroatoms. The number of nitrogens with zero attached hydrogens (tertiary/aromatic N) is 5. The molecule has 1 aliphatic heterocycles. The Labute approximate surface area is 212 Å². The number of alkyl halides is 3. The van der Waals surface area contributed by atoms with Gasteiger partial charge >= 0.3 is 6.36 Å². The molecule has 1 aromatic carbocycles. The highest BCUT2D eigenvalue weighted by Crippen LogP contribution is 2.33. The van der Waals surface area contributed by atoms with E-state index in [2.05, 4.69) is 31.5 Å². The number of aryl methyl sites for hydroxylation is 1. The normalized spacial score (nSPS) is 14.1. The summed E-state index contributed by atoms with van der Waals surface area (Å²) in [5, 5.41) is 0. The predicted molar refractivity (Wildman–Crippen MR) is 132 cm³/mol. The summed E-state index contributed by atoms with van der Waals surface area (Å²) >= 11 is 0. The quantitative estimate of drug-likeness (QED) is 0.538. The molecule has 0 atom stereocenters. The van der Waals surface area contributed by atoms with Crippen LogP contribution in [-0.2, 0) is 6.42 Å². The molecule has 0 unspecified atom stereocenters. The molecule has 1 amide bonds. The summed E-state index contributed by atoms with van der Waals surface area (Å²) < 4.78 is 44.3. The van der Waals surface area contributed by atoms with Gasteiger partial charge in [0, 0.05) is 43.5 Å². The molecule has 0 spiro atoms. The highest BCUT2D eigenvalue weighted by molar-refractivity contribution is 5.97. The van der Waals surface area contributed by atoms with E-state index < -0.39 is 18.0 Å². The third-order valence-corrected chi connectivity index (χ3v) is 5.88. The zero-order valence-corrected chi connectivity index (χ0v) is 20.3. The first kappa shape index (κ1) is 25.9. The molecule has 3 aromatic rings. The molecule has 1 aliphatic rings. The van der Waals surface area contributed by atoms with Gasteiger partial charge in [-0.05, 0) is 37.7 Å². The summed E-state index contributed by atoms with van der Waals surface area (Å²) in [5.41, 5.74) is 7.77. The molecular weight excluding hydrogens is 485 g/mol. The molecule has 0 bridgehead atoms. The maximum Gasteiger partial charge on any atom is 0.573 e. The van der Waals surface area contributed by atoms with Crippen molar-refractivity contribution in [2.45, 2.75) is 19.7 Å². The topological polar surface area (TPSA) is 97.5 Å². The lowest BCUT2D eigenvalue weighted by molar-refractivity contribution is -0.274. The largest absolute Gasteiger partial charge is 0.573 e. The van der Waals surface area contributed by atoms with Crippen molar-refractivity contribution in [1.29, 1.82) is 0 Å². The van der Waals surface area contributed by atoms with E-state index in [1.807, 2.05) is 18.9 Å². The van der Waals surface area contributed by atoms with Crippen molar-refractivity contribution >= 4 is 11.7 Å². The summed E-state index contributed by atoms with van der Waals surface area (Å²) in [6.07, 6.45) is -1.62. The van der Waals surface area contributed by atoms with Gasteiger partial charge in [-0.1, -0.05) is 24.8 Å². The fourth-order valence-electron chi connectivity index (χ4n) is 3.89. The van der Waals surface area contributed by atoms with Gasteiger partial charge in [0.2, 0.25) is 0 Å². The molecule has 2 N–H and O–H groups in total. The molecule has 8 nitrogen and oxygen atoms in total. The van der Waals surface area contributed by atoms with Crippen molar-refractivity contribution in [2.75, 3.05) is 39.0 Å². The van der Waals surface area contributed by atoms with Crippen molar-refractivity contribution < 1.29 is 22.7 Å². The van der Waals surface area contributed by atoms with Gasteiger partial charge in [-0.15, -0.1) is 13.2 Å². The van der Waals surface area contributed by atoms with Gasteiger partial charge < -0.3 is 20.3 Å². The Morgan fingerprint density at radius 2 is 1.84 bits per heavy atom. The fourth-order valence-corrected chi connectivity index (χ4v) is 3.89. The van der Waals surface area contributed by atoms with E-state index in [0.717, 1.165) is 0 Å². The van der Waals surface area contributed by atoms with Crippen LogP contribution in [0.15, 0.2) is 42.9 Å². The van der Waals surface area contributed by atoms with Gasteiger partial charge in [0.1, 0.15) is 17.9 Å². The van der Waals surface area contributed by atoms with E-state index in [1.54, 1.807) is 18.2 Å². The molecule has 3 heterocycles. The molecule has 2 aromatic heterocycles. The number of hydrogen-bond donors (Lipinski definition) is 1. The molecule has 0 aliphatic carbocycles. The lowest BCUT2D eigenvalue weighted by Crippen LogP contribution is -2.47. The number of piperazine rings is 1. The SMILES string of the molecule is CCc1ncnc(-c2ccc(C(=O)N3CCN(C)CC3)c(OC(F)(F)F)c2)c1C#Cc1ccc(N)nc1. The van der Waals surface area contributed by atoms with Gasteiger partial charge in [-0.3, -0.25) is 4.79 Å². The monoisotopic (exact) mass is 510 g/mol. The third-order valence-electron chi connectivity index (χ3n) is 5.88. The van der Waals surface area contributed by atoms with Crippen molar-refractivity contribution in [3.63, 3.8) is 0 Å². The van der Waals surface area contributed by atoms with Crippen molar-refractivity contribution in [3.05, 3.63) is 65.2 Å². The number of pyridine rings is 1. The number of carbonyl (C=O) groups is 1. The number of nitrogens with two attached hydrogens (primary N) is 1. The number of likely N-dealkylation sites (N-methyl/N-ethyl adjacent to an activating group) is 1. The van der Waals surface area contributed by atoms with Crippen LogP contribution in [0.1, 0.15) is 34.1 Å². The average Bonchev–Trinajstić information content (AvgIpc) is 2.87. The molecule has 1 saturated heterocycles. The van der Waals surface area contributed by atoms with Gasteiger partial charge in [0.05, 0.1) is 22.5 Å². The second kappa shape index (κ2) is 10.8. The lowest BCUT2D eigenvalue weighted by Gasteiger charge is -2.32. The Bertz CT molecular complexity index is 1340. The molecule has 4 rings (SSSR count). The molecule has 0 saturated carbocycles. The van der Waals surface area contributed by atoms with E-state index in [-0.39, 0.29) is 5.56 Å². The van der Waals surface area contributed by atoms with Crippen LogP contribution >= 0.6 is 0 Å². The second-order valence-electron chi connectivity index (χ2n) is 8.47. The highest BCUT2D eigenvalue weighted by Gasteiger charge is 2.34. The van der Waals surface area contributed by atoms with E-state index in [0.29, 0.717) is 66.5 Å². The van der Waals surface area contributed by atoms with Crippen LogP contribution < -0.4 is 10.5 Å². The number of carbonyl (C=O) groups excluding carboxylic acids is 1. The Hall–Kier alpha value is -4.17. The summed E-state index contributed by atoms with van der Waals surface area (Å²) in [6, 6.07) is 7.38. The summed E-state index contributed by atoms with van der Waals surface area (Å²) in [6.45, 7) is 3.97. The number of aromatic nitrogens is 3. The maximum absolute atomic E-state index is 13.3. The smallest absolute Gasteiger partial charge is 0.405 e. The average molecular weight is 511 g/mol. The molecule has 192 valence electrons. The van der Waals surface area contributed by atoms with Crippen LogP contribution in [-0.4, -0.2) is 70.2 Å². The number of rotatable bonds is 4. The fraction of sp³-hybridized carbons (Fsp3) is 0.308. The first-order valence-corrected chi connectivity index (χ1v) is 11.6. The number of nitrogen functional groups attached to an aromatic ring is 1. The van der Waals surface area contributed by atoms with Gasteiger partial charge in [0.15, 0.2) is 0 Å². The summed E-state index contributed by atoms with van der Waals surface area (Å²) in [4.78, 5) is 29.3. The molecule has 0 radical (unpaired) electrons. The lowest BCUT2D eigenvalue weighted by atomic mass is 10.0. The first-order chi connectivity index (χ1) is 17.6. The Morgan fingerprint density at radius 1 is 1.08 bits per heavy atom. The molecular formula is C26H25F3N6O2. The van der Waals surface area contributed by atoms with Crippen LogP contribution in [0.3, 0.4) is 0 Å². The molecule has 37 heavy (non-hydrogen) atoms. The minimum Gasteiger partial charge on any atom is -0.405 e. The predicted octanol–water partition coefficient (Wildman–Crippen LogP) is 3.37. The van der Waals surface area contributed by atoms with Crippen molar-refractivity contribution in [3.8, 4) is 28.8 Å². The number of benzene rings is 1. The maximum atomic E-state index is 13.3.